The predicted octanol–water partition coefficient (Wildman–Crippen LogP) is 1.80. The average Bonchev–Trinajstić information content (AvgIpc) is 2.21. The van der Waals surface area contributed by atoms with E-state index in [2.05, 4.69) is 4.98 Å². The van der Waals surface area contributed by atoms with Crippen molar-refractivity contribution < 1.29 is 4.79 Å². The van der Waals surface area contributed by atoms with Crippen LogP contribution in [0.2, 0.25) is 0 Å². The summed E-state index contributed by atoms with van der Waals surface area (Å²) >= 11 is 1.54. The number of amides is 1. The van der Waals surface area contributed by atoms with E-state index in [9.17, 15) is 4.79 Å². The zero-order chi connectivity index (χ0) is 10.4. The van der Waals surface area contributed by atoms with Crippen LogP contribution < -0.4 is 4.90 Å². The predicted molar refractivity (Wildman–Crippen MR) is 60.6 cm³/mol. The van der Waals surface area contributed by atoms with Gasteiger partial charge in [0.25, 0.3) is 0 Å². The highest BCUT2D eigenvalue weighted by molar-refractivity contribution is 7.99. The first-order chi connectivity index (χ1) is 6.79. The van der Waals surface area contributed by atoms with Crippen LogP contribution in [0, 0.1) is 0 Å². The monoisotopic (exact) mass is 210 g/mol. The van der Waals surface area contributed by atoms with Gasteiger partial charge < -0.3 is 4.90 Å². The van der Waals surface area contributed by atoms with E-state index >= 15 is 0 Å². The third-order valence-corrected chi connectivity index (χ3v) is 2.38. The number of carbonyl (C=O) groups excluding carboxylic acids is 1. The van der Waals surface area contributed by atoms with Crippen LogP contribution in [0.15, 0.2) is 24.5 Å². The summed E-state index contributed by atoms with van der Waals surface area (Å²) < 4.78 is 0. The highest BCUT2D eigenvalue weighted by Crippen LogP contribution is 2.12. The molecule has 1 aromatic rings. The average molecular weight is 210 g/mol. The molecule has 1 aromatic heterocycles. The van der Waals surface area contributed by atoms with Crippen LogP contribution in [0.4, 0.5) is 5.69 Å². The number of carbonyl (C=O) groups is 1. The van der Waals surface area contributed by atoms with Gasteiger partial charge in [-0.05, 0) is 25.3 Å². The van der Waals surface area contributed by atoms with E-state index in [1.54, 1.807) is 17.3 Å². The third-order valence-electron chi connectivity index (χ3n) is 1.84. The lowest BCUT2D eigenvalue weighted by molar-refractivity contribution is -0.116. The lowest BCUT2D eigenvalue weighted by atomic mass is 10.3. The molecule has 1 amide bonds. The van der Waals surface area contributed by atoms with Crippen molar-refractivity contribution in [1.29, 1.82) is 0 Å². The Balaban J connectivity index is 2.77. The highest BCUT2D eigenvalue weighted by atomic mass is 32.2. The molecule has 76 valence electrons. The minimum absolute atomic E-state index is 0.132. The zero-order valence-corrected chi connectivity index (χ0v) is 9.25. The third kappa shape index (κ3) is 2.73. The molecule has 0 aromatic carbocycles. The molecule has 0 bridgehead atoms. The van der Waals surface area contributed by atoms with Crippen molar-refractivity contribution in [2.75, 3.05) is 23.5 Å². The van der Waals surface area contributed by atoms with Crippen LogP contribution >= 0.6 is 11.8 Å². The highest BCUT2D eigenvalue weighted by Gasteiger charge is 2.12. The fourth-order valence-corrected chi connectivity index (χ4v) is 1.62. The van der Waals surface area contributed by atoms with Gasteiger partial charge in [0, 0.05) is 12.7 Å². The molecular formula is C10H14N2OS. The number of hydrogen-bond donors (Lipinski definition) is 0. The number of pyridine rings is 1. The fourth-order valence-electron chi connectivity index (χ4n) is 1.22. The molecule has 0 saturated heterocycles. The summed E-state index contributed by atoms with van der Waals surface area (Å²) in [6.07, 6.45) is 5.34. The van der Waals surface area contributed by atoms with E-state index < -0.39 is 0 Å². The van der Waals surface area contributed by atoms with Gasteiger partial charge in [0.2, 0.25) is 5.91 Å². The SMILES string of the molecule is CCN(C(=O)CSC)c1cccnc1. The Morgan fingerprint density at radius 3 is 2.93 bits per heavy atom. The molecule has 3 nitrogen and oxygen atoms in total. The fraction of sp³-hybridized carbons (Fsp3) is 0.400. The number of aromatic nitrogens is 1. The van der Waals surface area contributed by atoms with Crippen LogP contribution in [-0.4, -0.2) is 29.4 Å². The number of rotatable bonds is 4. The smallest absolute Gasteiger partial charge is 0.237 e. The Morgan fingerprint density at radius 1 is 1.64 bits per heavy atom. The molecule has 0 atom stereocenters. The second-order valence-electron chi connectivity index (χ2n) is 2.78. The van der Waals surface area contributed by atoms with Gasteiger partial charge in [-0.15, -0.1) is 0 Å². The van der Waals surface area contributed by atoms with Gasteiger partial charge in [-0.25, -0.2) is 0 Å². The van der Waals surface area contributed by atoms with E-state index in [0.717, 1.165) is 5.69 Å². The molecular weight excluding hydrogens is 196 g/mol. The number of nitrogens with zero attached hydrogens (tertiary/aromatic N) is 2. The van der Waals surface area contributed by atoms with Gasteiger partial charge in [-0.3, -0.25) is 9.78 Å². The molecule has 0 fully saturated rings. The molecule has 14 heavy (non-hydrogen) atoms. The summed E-state index contributed by atoms with van der Waals surface area (Å²) in [5.41, 5.74) is 0.869. The minimum atomic E-state index is 0.132. The first-order valence-electron chi connectivity index (χ1n) is 4.49. The van der Waals surface area contributed by atoms with Crippen molar-refractivity contribution >= 4 is 23.4 Å². The summed E-state index contributed by atoms with van der Waals surface area (Å²) in [5.74, 6) is 0.649. The minimum Gasteiger partial charge on any atom is -0.310 e. The van der Waals surface area contributed by atoms with E-state index in [1.165, 1.54) is 11.8 Å². The molecule has 0 radical (unpaired) electrons. The summed E-state index contributed by atoms with van der Waals surface area (Å²) in [7, 11) is 0. The van der Waals surface area contributed by atoms with Gasteiger partial charge in [0.1, 0.15) is 0 Å². The summed E-state index contributed by atoms with van der Waals surface area (Å²) in [5, 5.41) is 0. The summed E-state index contributed by atoms with van der Waals surface area (Å²) in [4.78, 5) is 17.4. The van der Waals surface area contributed by atoms with Crippen LogP contribution in [0.3, 0.4) is 0 Å². The molecule has 0 aliphatic rings. The van der Waals surface area contributed by atoms with Gasteiger partial charge in [-0.1, -0.05) is 0 Å². The zero-order valence-electron chi connectivity index (χ0n) is 8.43. The summed E-state index contributed by atoms with van der Waals surface area (Å²) in [6, 6.07) is 3.74. The molecule has 0 N–H and O–H groups in total. The largest absolute Gasteiger partial charge is 0.310 e. The lowest BCUT2D eigenvalue weighted by Gasteiger charge is -2.19. The van der Waals surface area contributed by atoms with Gasteiger partial charge in [0.05, 0.1) is 17.6 Å². The molecule has 0 unspecified atom stereocenters. The molecule has 4 heteroatoms. The van der Waals surface area contributed by atoms with Crippen LogP contribution in [0.25, 0.3) is 0 Å². The second-order valence-corrected chi connectivity index (χ2v) is 3.65. The van der Waals surface area contributed by atoms with Crippen LogP contribution in [0.1, 0.15) is 6.92 Å². The number of anilines is 1. The Bertz CT molecular complexity index is 289. The molecule has 1 rings (SSSR count). The van der Waals surface area contributed by atoms with E-state index in [0.29, 0.717) is 12.3 Å². The Labute approximate surface area is 88.5 Å². The van der Waals surface area contributed by atoms with Gasteiger partial charge in [-0.2, -0.15) is 11.8 Å². The quantitative estimate of drug-likeness (QED) is 0.759. The van der Waals surface area contributed by atoms with Crippen molar-refractivity contribution in [1.82, 2.24) is 4.98 Å². The number of hydrogen-bond acceptors (Lipinski definition) is 3. The summed E-state index contributed by atoms with van der Waals surface area (Å²) in [6.45, 7) is 2.65. The molecule has 0 saturated carbocycles. The van der Waals surface area contributed by atoms with E-state index in [4.69, 9.17) is 0 Å². The Kier molecular flexibility index (Phi) is 4.46. The van der Waals surface area contributed by atoms with Crippen molar-refractivity contribution in [2.24, 2.45) is 0 Å². The standard InChI is InChI=1S/C10H14N2OS/c1-3-12(10(13)8-14-2)9-5-4-6-11-7-9/h4-7H,3,8H2,1-2H3. The lowest BCUT2D eigenvalue weighted by Crippen LogP contribution is -2.32. The molecule has 0 aliphatic carbocycles. The topological polar surface area (TPSA) is 33.2 Å². The Hall–Kier alpha value is -1.03. The first-order valence-corrected chi connectivity index (χ1v) is 5.88. The van der Waals surface area contributed by atoms with Crippen molar-refractivity contribution in [3.05, 3.63) is 24.5 Å². The maximum atomic E-state index is 11.7. The van der Waals surface area contributed by atoms with Crippen molar-refractivity contribution in [2.45, 2.75) is 6.92 Å². The second kappa shape index (κ2) is 5.65. The van der Waals surface area contributed by atoms with Crippen molar-refractivity contribution in [3.63, 3.8) is 0 Å². The number of thioether (sulfide) groups is 1. The first kappa shape index (κ1) is 11.0. The van der Waals surface area contributed by atoms with Crippen molar-refractivity contribution in [3.8, 4) is 0 Å². The maximum absolute atomic E-state index is 11.7. The maximum Gasteiger partial charge on any atom is 0.237 e. The van der Waals surface area contributed by atoms with E-state index in [-0.39, 0.29) is 5.91 Å². The molecule has 1 heterocycles. The normalized spacial score (nSPS) is 9.86. The van der Waals surface area contributed by atoms with Crippen LogP contribution in [-0.2, 0) is 4.79 Å². The van der Waals surface area contributed by atoms with E-state index in [1.807, 2.05) is 25.3 Å². The van der Waals surface area contributed by atoms with Gasteiger partial charge in [0.15, 0.2) is 0 Å². The van der Waals surface area contributed by atoms with Gasteiger partial charge >= 0.3 is 0 Å². The Morgan fingerprint density at radius 2 is 2.43 bits per heavy atom. The molecule has 0 aliphatic heterocycles. The van der Waals surface area contributed by atoms with Crippen LogP contribution in [0.5, 0.6) is 0 Å². The molecule has 0 spiro atoms.